The van der Waals surface area contributed by atoms with E-state index in [-0.39, 0.29) is 18.3 Å². The van der Waals surface area contributed by atoms with Gasteiger partial charge in [-0.2, -0.15) is 0 Å². The van der Waals surface area contributed by atoms with Crippen LogP contribution in [0.2, 0.25) is 0 Å². The first-order valence-electron chi connectivity index (χ1n) is 12.6. The summed E-state index contributed by atoms with van der Waals surface area (Å²) >= 11 is 0. The molecule has 0 N–H and O–H groups in total. The van der Waals surface area contributed by atoms with Crippen LogP contribution in [0.1, 0.15) is 85.1 Å². The molecule has 3 atom stereocenters. The van der Waals surface area contributed by atoms with Crippen LogP contribution in [0.4, 0.5) is 0 Å². The minimum absolute atomic E-state index is 0.0543. The van der Waals surface area contributed by atoms with Gasteiger partial charge in [-0.25, -0.2) is 4.79 Å². The number of ether oxygens (including phenoxy) is 4. The van der Waals surface area contributed by atoms with Crippen molar-refractivity contribution < 1.29 is 23.7 Å². The van der Waals surface area contributed by atoms with Crippen molar-refractivity contribution in [2.45, 2.75) is 104 Å². The first-order valence-corrected chi connectivity index (χ1v) is 12.6. The number of carbonyl (C=O) groups excluding carboxylic acids is 1. The quantitative estimate of drug-likeness (QED) is 0.130. The summed E-state index contributed by atoms with van der Waals surface area (Å²) in [6.45, 7) is 14.5. The molecule has 1 aromatic rings. The summed E-state index contributed by atoms with van der Waals surface area (Å²) in [4.78, 5) is 11.5. The maximum atomic E-state index is 11.5. The Balaban J connectivity index is 2.26. The highest BCUT2D eigenvalue weighted by Gasteiger charge is 2.14. The molecule has 1 rings (SSSR count). The third-order valence-electron chi connectivity index (χ3n) is 5.38. The lowest BCUT2D eigenvalue weighted by Gasteiger charge is -2.20. The lowest BCUT2D eigenvalue weighted by molar-refractivity contribution is -0.148. The standard InChI is InChI=1S/C28H46O5/c1-7-8-9-10-11-12-13-16-26-17-14-15-18-27(26)32-20-24(5)30-19-23(4)31-21-25(6)33-28(29)22(2)3/h14-15,17-18,23-25H,2,7-13,16,19-21H2,1,3-6H3. The number of benzene rings is 1. The molecule has 0 heterocycles. The van der Waals surface area contributed by atoms with E-state index in [1.807, 2.05) is 26.0 Å². The zero-order valence-corrected chi connectivity index (χ0v) is 21.6. The van der Waals surface area contributed by atoms with Crippen LogP contribution >= 0.6 is 0 Å². The summed E-state index contributed by atoms with van der Waals surface area (Å²) in [6, 6.07) is 8.31. The highest BCUT2D eigenvalue weighted by atomic mass is 16.6. The van der Waals surface area contributed by atoms with E-state index >= 15 is 0 Å². The Labute approximate surface area is 201 Å². The number of rotatable bonds is 19. The van der Waals surface area contributed by atoms with Gasteiger partial charge in [-0.05, 0) is 52.2 Å². The van der Waals surface area contributed by atoms with Crippen molar-refractivity contribution in [1.29, 1.82) is 0 Å². The summed E-state index contributed by atoms with van der Waals surface area (Å²) in [7, 11) is 0. The van der Waals surface area contributed by atoms with Gasteiger partial charge in [-0.15, -0.1) is 0 Å². The van der Waals surface area contributed by atoms with Crippen LogP contribution in [0.3, 0.4) is 0 Å². The molecular formula is C28H46O5. The predicted molar refractivity (Wildman–Crippen MR) is 135 cm³/mol. The van der Waals surface area contributed by atoms with Gasteiger partial charge in [-0.1, -0.05) is 70.2 Å². The zero-order chi connectivity index (χ0) is 24.5. The van der Waals surface area contributed by atoms with Gasteiger partial charge in [0.25, 0.3) is 0 Å². The molecular weight excluding hydrogens is 416 g/mol. The fourth-order valence-electron chi connectivity index (χ4n) is 3.34. The van der Waals surface area contributed by atoms with Crippen LogP contribution in [0.25, 0.3) is 0 Å². The molecule has 0 aliphatic rings. The fourth-order valence-corrected chi connectivity index (χ4v) is 3.34. The fraction of sp³-hybridized carbons (Fsp3) is 0.679. The van der Waals surface area contributed by atoms with E-state index in [0.717, 1.165) is 12.2 Å². The summed E-state index contributed by atoms with van der Waals surface area (Å²) in [5.74, 6) is 0.560. The molecule has 33 heavy (non-hydrogen) atoms. The number of unbranched alkanes of at least 4 members (excludes halogenated alkanes) is 6. The minimum atomic E-state index is -0.395. The Hall–Kier alpha value is -1.85. The predicted octanol–water partition coefficient (Wildman–Crippen LogP) is 6.68. The van der Waals surface area contributed by atoms with E-state index in [1.165, 1.54) is 50.5 Å². The average molecular weight is 463 g/mol. The van der Waals surface area contributed by atoms with E-state index in [1.54, 1.807) is 13.8 Å². The van der Waals surface area contributed by atoms with Crippen molar-refractivity contribution >= 4 is 5.97 Å². The molecule has 3 unspecified atom stereocenters. The number of aryl methyl sites for hydroxylation is 1. The van der Waals surface area contributed by atoms with Crippen LogP contribution in [0.5, 0.6) is 5.75 Å². The second-order valence-corrected chi connectivity index (χ2v) is 9.07. The van der Waals surface area contributed by atoms with Gasteiger partial charge >= 0.3 is 5.97 Å². The Morgan fingerprint density at radius 3 is 2.09 bits per heavy atom. The Morgan fingerprint density at radius 1 is 0.848 bits per heavy atom. The second kappa shape index (κ2) is 17.6. The largest absolute Gasteiger partial charge is 0.491 e. The van der Waals surface area contributed by atoms with E-state index in [0.29, 0.717) is 25.4 Å². The summed E-state index contributed by atoms with van der Waals surface area (Å²) in [5.41, 5.74) is 1.66. The minimum Gasteiger partial charge on any atom is -0.491 e. The lowest BCUT2D eigenvalue weighted by Crippen LogP contribution is -2.28. The van der Waals surface area contributed by atoms with Crippen LogP contribution in [0, 0.1) is 0 Å². The molecule has 0 aliphatic heterocycles. The molecule has 5 nitrogen and oxygen atoms in total. The van der Waals surface area contributed by atoms with E-state index in [9.17, 15) is 4.79 Å². The third-order valence-corrected chi connectivity index (χ3v) is 5.38. The molecule has 1 aromatic carbocycles. The Kier molecular flexibility index (Phi) is 15.6. The number of para-hydroxylation sites is 1. The number of hydrogen-bond donors (Lipinski definition) is 0. The van der Waals surface area contributed by atoms with Crippen molar-refractivity contribution in [3.63, 3.8) is 0 Å². The summed E-state index contributed by atoms with van der Waals surface area (Å²) < 4.78 is 22.9. The second-order valence-electron chi connectivity index (χ2n) is 9.07. The van der Waals surface area contributed by atoms with E-state index in [4.69, 9.17) is 18.9 Å². The smallest absolute Gasteiger partial charge is 0.333 e. The maximum absolute atomic E-state index is 11.5. The van der Waals surface area contributed by atoms with E-state index < -0.39 is 5.97 Å². The zero-order valence-electron chi connectivity index (χ0n) is 21.6. The van der Waals surface area contributed by atoms with Crippen molar-refractivity contribution in [3.05, 3.63) is 42.0 Å². The van der Waals surface area contributed by atoms with Crippen molar-refractivity contribution in [2.24, 2.45) is 0 Å². The Bertz CT molecular complexity index is 672. The molecule has 0 radical (unpaired) electrons. The monoisotopic (exact) mass is 462 g/mol. The first-order chi connectivity index (χ1) is 15.8. The van der Waals surface area contributed by atoms with Crippen molar-refractivity contribution in [1.82, 2.24) is 0 Å². The van der Waals surface area contributed by atoms with Gasteiger partial charge in [0.05, 0.1) is 25.4 Å². The van der Waals surface area contributed by atoms with Gasteiger partial charge in [0.15, 0.2) is 0 Å². The molecule has 0 aliphatic carbocycles. The third kappa shape index (κ3) is 14.1. The van der Waals surface area contributed by atoms with Crippen molar-refractivity contribution in [3.8, 4) is 5.75 Å². The Morgan fingerprint density at radius 2 is 1.42 bits per heavy atom. The number of carbonyl (C=O) groups is 1. The topological polar surface area (TPSA) is 54.0 Å². The van der Waals surface area contributed by atoms with Gasteiger partial charge in [0, 0.05) is 5.57 Å². The van der Waals surface area contributed by atoms with Gasteiger partial charge in [-0.3, -0.25) is 0 Å². The maximum Gasteiger partial charge on any atom is 0.333 e. The van der Waals surface area contributed by atoms with Crippen LogP contribution in [-0.2, 0) is 25.4 Å². The molecule has 0 saturated carbocycles. The number of hydrogen-bond acceptors (Lipinski definition) is 5. The molecule has 0 bridgehead atoms. The molecule has 188 valence electrons. The van der Waals surface area contributed by atoms with Gasteiger partial charge < -0.3 is 18.9 Å². The van der Waals surface area contributed by atoms with Crippen LogP contribution in [-0.4, -0.2) is 44.1 Å². The first kappa shape index (κ1) is 29.2. The van der Waals surface area contributed by atoms with Gasteiger partial charge in [0.2, 0.25) is 0 Å². The average Bonchev–Trinajstić information content (AvgIpc) is 2.80. The molecule has 0 spiro atoms. The van der Waals surface area contributed by atoms with Crippen LogP contribution in [0.15, 0.2) is 36.4 Å². The van der Waals surface area contributed by atoms with Crippen LogP contribution < -0.4 is 4.74 Å². The number of esters is 1. The normalized spacial score (nSPS) is 13.8. The summed E-state index contributed by atoms with van der Waals surface area (Å²) in [6.07, 6.45) is 9.72. The van der Waals surface area contributed by atoms with Gasteiger partial charge in [0.1, 0.15) is 18.5 Å². The van der Waals surface area contributed by atoms with Crippen molar-refractivity contribution in [2.75, 3.05) is 19.8 Å². The lowest BCUT2D eigenvalue weighted by atomic mass is 10.0. The molecule has 0 aromatic heterocycles. The molecule has 0 saturated heterocycles. The van der Waals surface area contributed by atoms with E-state index in [2.05, 4.69) is 25.6 Å². The highest BCUT2D eigenvalue weighted by molar-refractivity contribution is 5.87. The molecule has 0 fully saturated rings. The molecule has 5 heteroatoms. The summed E-state index contributed by atoms with van der Waals surface area (Å²) in [5, 5.41) is 0. The highest BCUT2D eigenvalue weighted by Crippen LogP contribution is 2.21. The SMILES string of the molecule is C=C(C)C(=O)OC(C)COC(C)COC(C)COc1ccccc1CCCCCCCCC. The molecule has 0 amide bonds.